The van der Waals surface area contributed by atoms with E-state index in [-0.39, 0.29) is 6.10 Å². The first kappa shape index (κ1) is 9.22. The monoisotopic (exact) mass is 182 g/mol. The van der Waals surface area contributed by atoms with Crippen molar-refractivity contribution in [2.45, 2.75) is 38.2 Å². The Morgan fingerprint density at radius 3 is 2.77 bits per heavy atom. The van der Waals surface area contributed by atoms with E-state index in [0.717, 1.165) is 38.9 Å². The lowest BCUT2D eigenvalue weighted by Crippen LogP contribution is -2.28. The highest BCUT2D eigenvalue weighted by molar-refractivity contribution is 5.14. The summed E-state index contributed by atoms with van der Waals surface area (Å²) in [5.74, 6) is 0.457. The normalized spacial score (nSPS) is 27.3. The fraction of sp³-hybridized carbons (Fsp3) is 0.818. The van der Waals surface area contributed by atoms with E-state index >= 15 is 0 Å². The van der Waals surface area contributed by atoms with E-state index in [1.165, 1.54) is 12.0 Å². The Bertz CT molecular complexity index is 192. The SMILES string of the molecule is OC(C1=CCCC1)C1CCOCC1. The van der Waals surface area contributed by atoms with Gasteiger partial charge in [0.15, 0.2) is 0 Å². The van der Waals surface area contributed by atoms with E-state index in [2.05, 4.69) is 6.08 Å². The van der Waals surface area contributed by atoms with Crippen LogP contribution in [-0.2, 0) is 4.74 Å². The molecule has 1 N–H and O–H groups in total. The summed E-state index contributed by atoms with van der Waals surface area (Å²) in [6.45, 7) is 1.66. The maximum absolute atomic E-state index is 10.0. The molecule has 0 bridgehead atoms. The predicted molar refractivity (Wildman–Crippen MR) is 51.5 cm³/mol. The Balaban J connectivity index is 1.90. The summed E-state index contributed by atoms with van der Waals surface area (Å²) < 4.78 is 5.28. The Morgan fingerprint density at radius 1 is 1.38 bits per heavy atom. The zero-order valence-corrected chi connectivity index (χ0v) is 8.04. The summed E-state index contributed by atoms with van der Waals surface area (Å²) in [6, 6.07) is 0. The van der Waals surface area contributed by atoms with Crippen LogP contribution in [0.3, 0.4) is 0 Å². The van der Waals surface area contributed by atoms with Crippen LogP contribution in [0.5, 0.6) is 0 Å². The maximum Gasteiger partial charge on any atom is 0.0779 e. The average molecular weight is 182 g/mol. The highest BCUT2D eigenvalue weighted by Crippen LogP contribution is 2.29. The first-order valence-electron chi connectivity index (χ1n) is 5.32. The van der Waals surface area contributed by atoms with Gasteiger partial charge in [0.25, 0.3) is 0 Å². The summed E-state index contributed by atoms with van der Waals surface area (Å²) in [4.78, 5) is 0. The molecule has 0 aromatic carbocycles. The first-order valence-corrected chi connectivity index (χ1v) is 5.32. The van der Waals surface area contributed by atoms with Crippen molar-refractivity contribution in [3.63, 3.8) is 0 Å². The molecule has 1 fully saturated rings. The van der Waals surface area contributed by atoms with E-state index < -0.39 is 0 Å². The fourth-order valence-corrected chi connectivity index (χ4v) is 2.30. The molecule has 2 nitrogen and oxygen atoms in total. The minimum absolute atomic E-state index is 0.175. The highest BCUT2D eigenvalue weighted by Gasteiger charge is 2.25. The number of aliphatic hydroxyl groups is 1. The number of ether oxygens (including phenoxy) is 1. The lowest BCUT2D eigenvalue weighted by molar-refractivity contribution is 0.0204. The van der Waals surface area contributed by atoms with Gasteiger partial charge in [0.2, 0.25) is 0 Å². The lowest BCUT2D eigenvalue weighted by atomic mass is 9.89. The summed E-state index contributed by atoms with van der Waals surface area (Å²) >= 11 is 0. The first-order chi connectivity index (χ1) is 6.38. The van der Waals surface area contributed by atoms with Gasteiger partial charge in [-0.1, -0.05) is 6.08 Å². The van der Waals surface area contributed by atoms with Gasteiger partial charge in [-0.2, -0.15) is 0 Å². The second kappa shape index (κ2) is 4.25. The summed E-state index contributed by atoms with van der Waals surface area (Å²) in [5, 5.41) is 10.0. The maximum atomic E-state index is 10.0. The van der Waals surface area contributed by atoms with E-state index in [1.54, 1.807) is 0 Å². The van der Waals surface area contributed by atoms with Crippen LogP contribution in [0.25, 0.3) is 0 Å². The van der Waals surface area contributed by atoms with Gasteiger partial charge < -0.3 is 9.84 Å². The molecule has 1 saturated heterocycles. The van der Waals surface area contributed by atoms with Crippen molar-refractivity contribution in [2.75, 3.05) is 13.2 Å². The Kier molecular flexibility index (Phi) is 3.01. The zero-order chi connectivity index (χ0) is 9.10. The van der Waals surface area contributed by atoms with E-state index in [1.807, 2.05) is 0 Å². The van der Waals surface area contributed by atoms with Crippen LogP contribution >= 0.6 is 0 Å². The van der Waals surface area contributed by atoms with Gasteiger partial charge in [0.05, 0.1) is 6.10 Å². The molecule has 0 radical (unpaired) electrons. The summed E-state index contributed by atoms with van der Waals surface area (Å²) in [6.07, 6.45) is 7.60. The number of aliphatic hydroxyl groups excluding tert-OH is 1. The van der Waals surface area contributed by atoms with Crippen molar-refractivity contribution >= 4 is 0 Å². The van der Waals surface area contributed by atoms with Gasteiger partial charge in [-0.25, -0.2) is 0 Å². The second-order valence-corrected chi connectivity index (χ2v) is 4.07. The molecule has 0 saturated carbocycles. The third-order valence-electron chi connectivity index (χ3n) is 3.17. The van der Waals surface area contributed by atoms with Crippen LogP contribution in [0.2, 0.25) is 0 Å². The van der Waals surface area contributed by atoms with Crippen molar-refractivity contribution in [1.29, 1.82) is 0 Å². The minimum atomic E-state index is -0.175. The molecule has 0 spiro atoms. The third kappa shape index (κ3) is 2.12. The molecular formula is C11H18O2. The minimum Gasteiger partial charge on any atom is -0.388 e. The van der Waals surface area contributed by atoms with Crippen molar-refractivity contribution in [3.8, 4) is 0 Å². The average Bonchev–Trinajstić information content (AvgIpc) is 2.71. The molecule has 1 aliphatic heterocycles. The van der Waals surface area contributed by atoms with Gasteiger partial charge in [-0.15, -0.1) is 0 Å². The van der Waals surface area contributed by atoms with Crippen LogP contribution in [0, 0.1) is 5.92 Å². The van der Waals surface area contributed by atoms with Crippen molar-refractivity contribution in [3.05, 3.63) is 11.6 Å². The third-order valence-corrected chi connectivity index (χ3v) is 3.17. The number of hydrogen-bond acceptors (Lipinski definition) is 2. The Labute approximate surface area is 79.6 Å². The van der Waals surface area contributed by atoms with Crippen molar-refractivity contribution < 1.29 is 9.84 Å². The van der Waals surface area contributed by atoms with Crippen LogP contribution in [0.4, 0.5) is 0 Å². The van der Waals surface area contributed by atoms with Crippen LogP contribution < -0.4 is 0 Å². The highest BCUT2D eigenvalue weighted by atomic mass is 16.5. The molecule has 0 amide bonds. The van der Waals surface area contributed by atoms with E-state index in [0.29, 0.717) is 5.92 Å². The van der Waals surface area contributed by atoms with Crippen molar-refractivity contribution in [1.82, 2.24) is 0 Å². The number of rotatable bonds is 2. The molecule has 0 aromatic rings. The molecule has 13 heavy (non-hydrogen) atoms. The Hall–Kier alpha value is -0.340. The molecule has 2 heteroatoms. The molecular weight excluding hydrogens is 164 g/mol. The zero-order valence-electron chi connectivity index (χ0n) is 8.04. The molecule has 2 aliphatic rings. The van der Waals surface area contributed by atoms with E-state index in [4.69, 9.17) is 4.74 Å². The predicted octanol–water partition coefficient (Wildman–Crippen LogP) is 1.88. The summed E-state index contributed by atoms with van der Waals surface area (Å²) in [7, 11) is 0. The quantitative estimate of drug-likeness (QED) is 0.661. The summed E-state index contributed by atoms with van der Waals surface area (Å²) in [5.41, 5.74) is 1.28. The van der Waals surface area contributed by atoms with Gasteiger partial charge >= 0.3 is 0 Å². The van der Waals surface area contributed by atoms with Gasteiger partial charge in [-0.05, 0) is 43.6 Å². The van der Waals surface area contributed by atoms with Crippen LogP contribution in [-0.4, -0.2) is 24.4 Å². The standard InChI is InChI=1S/C11H18O2/c12-11(9-3-1-2-4-9)10-5-7-13-8-6-10/h3,10-12H,1-2,4-8H2. The van der Waals surface area contributed by atoms with Crippen LogP contribution in [0.15, 0.2) is 11.6 Å². The van der Waals surface area contributed by atoms with Gasteiger partial charge in [0, 0.05) is 13.2 Å². The molecule has 1 heterocycles. The fourth-order valence-electron chi connectivity index (χ4n) is 2.30. The molecule has 1 atom stereocenters. The van der Waals surface area contributed by atoms with Gasteiger partial charge in [0.1, 0.15) is 0 Å². The van der Waals surface area contributed by atoms with E-state index in [9.17, 15) is 5.11 Å². The van der Waals surface area contributed by atoms with Gasteiger partial charge in [-0.3, -0.25) is 0 Å². The molecule has 2 rings (SSSR count). The molecule has 1 unspecified atom stereocenters. The smallest absolute Gasteiger partial charge is 0.0779 e. The second-order valence-electron chi connectivity index (χ2n) is 4.07. The number of hydrogen-bond donors (Lipinski definition) is 1. The molecule has 74 valence electrons. The molecule has 0 aromatic heterocycles. The Morgan fingerprint density at radius 2 is 2.15 bits per heavy atom. The number of allylic oxidation sites excluding steroid dienone is 1. The van der Waals surface area contributed by atoms with Crippen LogP contribution in [0.1, 0.15) is 32.1 Å². The lowest BCUT2D eigenvalue weighted by Gasteiger charge is -2.27. The topological polar surface area (TPSA) is 29.5 Å². The largest absolute Gasteiger partial charge is 0.388 e. The van der Waals surface area contributed by atoms with Crippen molar-refractivity contribution in [2.24, 2.45) is 5.92 Å². The molecule has 1 aliphatic carbocycles.